The second-order valence-electron chi connectivity index (χ2n) is 5.60. The Morgan fingerprint density at radius 3 is 2.95 bits per heavy atom. The summed E-state index contributed by atoms with van der Waals surface area (Å²) in [5.41, 5.74) is 2.78. The Bertz CT molecular complexity index is 701. The predicted octanol–water partition coefficient (Wildman–Crippen LogP) is 4.33. The maximum Gasteiger partial charge on any atom is 0.254 e. The number of carbonyl (C=O) groups excluding carboxylic acids is 1. The lowest BCUT2D eigenvalue weighted by Gasteiger charge is -2.12. The van der Waals surface area contributed by atoms with Gasteiger partial charge < -0.3 is 5.32 Å². The van der Waals surface area contributed by atoms with E-state index in [0.717, 1.165) is 19.3 Å². The Balaban J connectivity index is 1.58. The van der Waals surface area contributed by atoms with E-state index in [4.69, 9.17) is 11.6 Å². The molecule has 1 unspecified atom stereocenters. The average Bonchev–Trinajstić information content (AvgIpc) is 2.93. The van der Waals surface area contributed by atoms with Gasteiger partial charge in [0.15, 0.2) is 0 Å². The molecule has 0 saturated carbocycles. The van der Waals surface area contributed by atoms with Crippen molar-refractivity contribution in [1.29, 1.82) is 0 Å². The van der Waals surface area contributed by atoms with E-state index in [1.807, 2.05) is 0 Å². The van der Waals surface area contributed by atoms with E-state index in [2.05, 4.69) is 29.6 Å². The van der Waals surface area contributed by atoms with Gasteiger partial charge in [0.2, 0.25) is 0 Å². The zero-order valence-corrected chi connectivity index (χ0v) is 12.9. The molecule has 114 valence electrons. The highest BCUT2D eigenvalue weighted by Crippen LogP contribution is 2.34. The van der Waals surface area contributed by atoms with Crippen LogP contribution in [0.4, 0.5) is 4.39 Å². The molecule has 0 bridgehead atoms. The zero-order valence-electron chi connectivity index (χ0n) is 12.1. The van der Waals surface area contributed by atoms with Gasteiger partial charge in [0.1, 0.15) is 5.82 Å². The second kappa shape index (κ2) is 6.49. The van der Waals surface area contributed by atoms with E-state index < -0.39 is 11.7 Å². The lowest BCUT2D eigenvalue weighted by Crippen LogP contribution is -2.26. The molecule has 2 nitrogen and oxygen atoms in total. The Hall–Kier alpha value is -1.87. The molecule has 0 aliphatic heterocycles. The van der Waals surface area contributed by atoms with Crippen molar-refractivity contribution >= 4 is 17.5 Å². The Morgan fingerprint density at radius 2 is 2.09 bits per heavy atom. The van der Waals surface area contributed by atoms with Crippen molar-refractivity contribution in [3.8, 4) is 0 Å². The number of fused-ring (bicyclic) bond motifs is 1. The topological polar surface area (TPSA) is 29.1 Å². The highest BCUT2D eigenvalue weighted by atomic mass is 35.5. The number of nitrogens with one attached hydrogen (secondary N) is 1. The van der Waals surface area contributed by atoms with Gasteiger partial charge in [-0.15, -0.1) is 0 Å². The van der Waals surface area contributed by atoms with Crippen LogP contribution in [0.25, 0.3) is 0 Å². The van der Waals surface area contributed by atoms with Gasteiger partial charge in [-0.25, -0.2) is 4.39 Å². The Kier molecular flexibility index (Phi) is 4.44. The van der Waals surface area contributed by atoms with Crippen LogP contribution in [0, 0.1) is 5.82 Å². The van der Waals surface area contributed by atoms with E-state index in [1.54, 1.807) is 0 Å². The van der Waals surface area contributed by atoms with E-state index in [0.29, 0.717) is 17.5 Å². The number of hydrogen-bond donors (Lipinski definition) is 1. The molecule has 2 aromatic rings. The van der Waals surface area contributed by atoms with Crippen molar-refractivity contribution in [2.24, 2.45) is 0 Å². The lowest BCUT2D eigenvalue weighted by molar-refractivity contribution is 0.0948. The van der Waals surface area contributed by atoms with Crippen LogP contribution in [0.3, 0.4) is 0 Å². The molecule has 22 heavy (non-hydrogen) atoms. The lowest BCUT2D eigenvalue weighted by atomic mass is 9.98. The zero-order chi connectivity index (χ0) is 15.5. The van der Waals surface area contributed by atoms with Gasteiger partial charge in [0.25, 0.3) is 5.91 Å². The van der Waals surface area contributed by atoms with Crippen molar-refractivity contribution < 1.29 is 9.18 Å². The molecule has 0 saturated heterocycles. The largest absolute Gasteiger partial charge is 0.352 e. The molecule has 0 heterocycles. The third kappa shape index (κ3) is 3.14. The summed E-state index contributed by atoms with van der Waals surface area (Å²) in [6.07, 6.45) is 3.07. The minimum atomic E-state index is -0.548. The molecule has 0 aromatic heterocycles. The first-order valence-electron chi connectivity index (χ1n) is 7.46. The normalized spacial score (nSPS) is 16.4. The summed E-state index contributed by atoms with van der Waals surface area (Å²) in [6, 6.07) is 12.4. The van der Waals surface area contributed by atoms with E-state index in [-0.39, 0.29) is 5.56 Å². The Morgan fingerprint density at radius 1 is 1.27 bits per heavy atom. The molecule has 1 atom stereocenters. The molecule has 0 fully saturated rings. The maximum atomic E-state index is 13.6. The molecule has 1 aliphatic carbocycles. The number of aryl methyl sites for hydroxylation is 1. The smallest absolute Gasteiger partial charge is 0.254 e. The van der Waals surface area contributed by atoms with Crippen LogP contribution in [-0.4, -0.2) is 12.5 Å². The molecule has 0 radical (unpaired) electrons. The summed E-state index contributed by atoms with van der Waals surface area (Å²) in [5, 5.41) is 3.14. The van der Waals surface area contributed by atoms with Gasteiger partial charge >= 0.3 is 0 Å². The third-order valence-electron chi connectivity index (χ3n) is 4.21. The number of amides is 1. The highest BCUT2D eigenvalue weighted by Gasteiger charge is 2.21. The van der Waals surface area contributed by atoms with E-state index in [9.17, 15) is 9.18 Å². The van der Waals surface area contributed by atoms with Crippen LogP contribution >= 0.6 is 11.6 Å². The third-order valence-corrected chi connectivity index (χ3v) is 4.44. The standard InChI is InChI=1S/C18H17ClFNO/c19-14-7-8-17(20)16(11-14)18(22)21-10-9-13-6-5-12-3-1-2-4-15(12)13/h1-4,7-8,11,13H,5-6,9-10H2,(H,21,22). The fourth-order valence-corrected chi connectivity index (χ4v) is 3.24. The van der Waals surface area contributed by atoms with Gasteiger partial charge in [-0.3, -0.25) is 4.79 Å². The number of rotatable bonds is 4. The summed E-state index contributed by atoms with van der Waals surface area (Å²) in [5.74, 6) is -0.486. The Labute approximate surface area is 134 Å². The second-order valence-corrected chi connectivity index (χ2v) is 6.04. The van der Waals surface area contributed by atoms with Crippen molar-refractivity contribution in [3.05, 3.63) is 70.0 Å². The molecule has 0 spiro atoms. The van der Waals surface area contributed by atoms with Crippen LogP contribution in [0.2, 0.25) is 5.02 Å². The van der Waals surface area contributed by atoms with Gasteiger partial charge in [-0.05, 0) is 54.5 Å². The van der Waals surface area contributed by atoms with E-state index in [1.165, 1.54) is 29.3 Å². The predicted molar refractivity (Wildman–Crippen MR) is 85.9 cm³/mol. The van der Waals surface area contributed by atoms with Crippen molar-refractivity contribution in [2.45, 2.75) is 25.2 Å². The van der Waals surface area contributed by atoms with Crippen LogP contribution < -0.4 is 5.32 Å². The van der Waals surface area contributed by atoms with Crippen molar-refractivity contribution in [3.63, 3.8) is 0 Å². The summed E-state index contributed by atoms with van der Waals surface area (Å²) in [7, 11) is 0. The van der Waals surface area contributed by atoms with Gasteiger partial charge in [0, 0.05) is 11.6 Å². The molecule has 3 rings (SSSR count). The van der Waals surface area contributed by atoms with Crippen LogP contribution in [0.5, 0.6) is 0 Å². The van der Waals surface area contributed by atoms with Crippen LogP contribution in [0.1, 0.15) is 40.2 Å². The molecular weight excluding hydrogens is 301 g/mol. The molecule has 1 N–H and O–H groups in total. The minimum Gasteiger partial charge on any atom is -0.352 e. The summed E-state index contributed by atoms with van der Waals surface area (Å²) >= 11 is 5.81. The molecule has 1 amide bonds. The maximum absolute atomic E-state index is 13.6. The SMILES string of the molecule is O=C(NCCC1CCc2ccccc21)c1cc(Cl)ccc1F. The molecule has 4 heteroatoms. The first-order valence-corrected chi connectivity index (χ1v) is 7.84. The van der Waals surface area contributed by atoms with E-state index >= 15 is 0 Å². The average molecular weight is 318 g/mol. The number of carbonyl (C=O) groups is 1. The first kappa shape index (κ1) is 15.0. The van der Waals surface area contributed by atoms with Crippen LogP contribution in [-0.2, 0) is 6.42 Å². The summed E-state index contributed by atoms with van der Waals surface area (Å²) < 4.78 is 13.6. The number of hydrogen-bond acceptors (Lipinski definition) is 1. The fraction of sp³-hybridized carbons (Fsp3) is 0.278. The number of halogens is 2. The summed E-state index contributed by atoms with van der Waals surface area (Å²) in [4.78, 5) is 12.0. The monoisotopic (exact) mass is 317 g/mol. The summed E-state index contributed by atoms with van der Waals surface area (Å²) in [6.45, 7) is 0.532. The molecular formula is C18H17ClFNO. The number of benzene rings is 2. The van der Waals surface area contributed by atoms with Gasteiger partial charge in [-0.1, -0.05) is 35.9 Å². The molecule has 1 aliphatic rings. The highest BCUT2D eigenvalue weighted by molar-refractivity contribution is 6.31. The fourth-order valence-electron chi connectivity index (χ4n) is 3.07. The van der Waals surface area contributed by atoms with Crippen molar-refractivity contribution in [2.75, 3.05) is 6.54 Å². The molecule has 2 aromatic carbocycles. The first-order chi connectivity index (χ1) is 10.6. The van der Waals surface area contributed by atoms with Crippen molar-refractivity contribution in [1.82, 2.24) is 5.32 Å². The van der Waals surface area contributed by atoms with Gasteiger partial charge in [0.05, 0.1) is 5.56 Å². The van der Waals surface area contributed by atoms with Gasteiger partial charge in [-0.2, -0.15) is 0 Å². The van der Waals surface area contributed by atoms with Crippen LogP contribution in [0.15, 0.2) is 42.5 Å². The minimum absolute atomic E-state index is 0.000628. The quantitative estimate of drug-likeness (QED) is 0.893.